The van der Waals surface area contributed by atoms with Crippen molar-refractivity contribution in [1.82, 2.24) is 5.32 Å². The van der Waals surface area contributed by atoms with Gasteiger partial charge in [-0.25, -0.2) is 0 Å². The highest BCUT2D eigenvalue weighted by Gasteiger charge is 2.62. The Bertz CT molecular complexity index is 324. The van der Waals surface area contributed by atoms with E-state index in [9.17, 15) is 9.90 Å². The normalized spacial score (nSPS) is 44.9. The highest BCUT2D eigenvalue weighted by Crippen LogP contribution is 2.64. The van der Waals surface area contributed by atoms with Gasteiger partial charge in [0.05, 0.1) is 0 Å². The molecule has 0 saturated heterocycles. The highest BCUT2D eigenvalue weighted by atomic mass is 16.4. The van der Waals surface area contributed by atoms with Crippen LogP contribution in [-0.2, 0) is 4.79 Å². The van der Waals surface area contributed by atoms with E-state index in [-0.39, 0.29) is 5.41 Å². The van der Waals surface area contributed by atoms with Gasteiger partial charge < -0.3 is 10.4 Å². The van der Waals surface area contributed by atoms with Gasteiger partial charge in [-0.3, -0.25) is 4.79 Å². The van der Waals surface area contributed by atoms with Gasteiger partial charge >= 0.3 is 5.97 Å². The van der Waals surface area contributed by atoms with Crippen LogP contribution in [0.5, 0.6) is 0 Å². The van der Waals surface area contributed by atoms with Crippen molar-refractivity contribution in [3.63, 3.8) is 0 Å². The summed E-state index contributed by atoms with van der Waals surface area (Å²) in [6.45, 7) is 2.03. The maximum Gasteiger partial charge on any atom is 0.324 e. The van der Waals surface area contributed by atoms with E-state index in [4.69, 9.17) is 0 Å². The molecule has 102 valence electrons. The van der Waals surface area contributed by atoms with Crippen molar-refractivity contribution < 1.29 is 9.90 Å². The lowest BCUT2D eigenvalue weighted by atomic mass is 9.44. The number of likely N-dealkylation sites (N-methyl/N-ethyl adjacent to an activating group) is 1. The Morgan fingerprint density at radius 2 is 1.67 bits per heavy atom. The van der Waals surface area contributed by atoms with Gasteiger partial charge in [0, 0.05) is 5.41 Å². The van der Waals surface area contributed by atoms with Gasteiger partial charge in [-0.2, -0.15) is 0 Å². The minimum absolute atomic E-state index is 0.0249. The van der Waals surface area contributed by atoms with E-state index in [0.717, 1.165) is 37.0 Å². The van der Waals surface area contributed by atoms with Gasteiger partial charge in [0.1, 0.15) is 5.54 Å². The molecule has 4 rings (SSSR count). The molecule has 4 saturated carbocycles. The molecule has 0 aromatic carbocycles. The number of carboxylic acid groups (broad SMARTS) is 1. The van der Waals surface area contributed by atoms with Crippen LogP contribution in [0.4, 0.5) is 0 Å². The highest BCUT2D eigenvalue weighted by molar-refractivity contribution is 5.80. The molecular formula is C15H25NO2. The summed E-state index contributed by atoms with van der Waals surface area (Å²) >= 11 is 0. The lowest BCUT2D eigenvalue weighted by Gasteiger charge is -2.62. The van der Waals surface area contributed by atoms with E-state index in [1.165, 1.54) is 19.3 Å². The van der Waals surface area contributed by atoms with Crippen LogP contribution in [0.25, 0.3) is 0 Å². The number of nitrogens with one attached hydrogen (secondary N) is 1. The zero-order valence-corrected chi connectivity index (χ0v) is 11.5. The summed E-state index contributed by atoms with van der Waals surface area (Å²) in [7, 11) is 1.84. The molecule has 0 aromatic heterocycles. The smallest absolute Gasteiger partial charge is 0.324 e. The van der Waals surface area contributed by atoms with Crippen molar-refractivity contribution >= 4 is 5.97 Å². The van der Waals surface area contributed by atoms with Gasteiger partial charge in [-0.05, 0) is 69.7 Å². The molecule has 2 N–H and O–H groups in total. The molecule has 18 heavy (non-hydrogen) atoms. The maximum atomic E-state index is 11.9. The number of carboxylic acids is 1. The average molecular weight is 251 g/mol. The third-order valence-electron chi connectivity index (χ3n) is 6.27. The van der Waals surface area contributed by atoms with Gasteiger partial charge in [-0.1, -0.05) is 6.92 Å². The van der Waals surface area contributed by atoms with Gasteiger partial charge in [0.25, 0.3) is 0 Å². The van der Waals surface area contributed by atoms with Gasteiger partial charge in [-0.15, -0.1) is 0 Å². The van der Waals surface area contributed by atoms with Crippen LogP contribution < -0.4 is 5.32 Å². The van der Waals surface area contributed by atoms with Crippen molar-refractivity contribution in [3.8, 4) is 0 Å². The van der Waals surface area contributed by atoms with E-state index < -0.39 is 11.5 Å². The van der Waals surface area contributed by atoms with Gasteiger partial charge in [0.15, 0.2) is 0 Å². The Hall–Kier alpha value is -0.570. The molecule has 0 amide bonds. The van der Waals surface area contributed by atoms with Crippen LogP contribution in [0.3, 0.4) is 0 Å². The standard InChI is InChI=1S/C15H25NO2/c1-3-15(16-2,13(17)18)14-7-10-4-11(8-14)6-12(5-10)9-14/h10-12,16H,3-9H2,1-2H3,(H,17,18). The number of rotatable bonds is 4. The van der Waals surface area contributed by atoms with E-state index >= 15 is 0 Å². The molecule has 0 aromatic rings. The molecule has 0 aliphatic heterocycles. The first-order valence-corrected chi connectivity index (χ1v) is 7.47. The number of carbonyl (C=O) groups is 1. The molecule has 3 heteroatoms. The van der Waals surface area contributed by atoms with E-state index in [1.807, 2.05) is 14.0 Å². The van der Waals surface area contributed by atoms with Crippen LogP contribution in [0.15, 0.2) is 0 Å². The monoisotopic (exact) mass is 251 g/mol. The third-order valence-corrected chi connectivity index (χ3v) is 6.27. The summed E-state index contributed by atoms with van der Waals surface area (Å²) in [5.41, 5.74) is -0.667. The fraction of sp³-hybridized carbons (Fsp3) is 0.933. The molecule has 0 heterocycles. The quantitative estimate of drug-likeness (QED) is 0.807. The molecule has 0 radical (unpaired) electrons. The lowest BCUT2D eigenvalue weighted by Crippen LogP contribution is -2.67. The minimum Gasteiger partial charge on any atom is -0.480 e. The second kappa shape index (κ2) is 3.96. The first-order chi connectivity index (χ1) is 8.55. The van der Waals surface area contributed by atoms with E-state index in [0.29, 0.717) is 6.42 Å². The Morgan fingerprint density at radius 3 is 1.94 bits per heavy atom. The van der Waals surface area contributed by atoms with Crippen molar-refractivity contribution in [1.29, 1.82) is 0 Å². The number of hydrogen-bond acceptors (Lipinski definition) is 2. The summed E-state index contributed by atoms with van der Waals surface area (Å²) in [6.07, 6.45) is 8.21. The van der Waals surface area contributed by atoms with Crippen LogP contribution >= 0.6 is 0 Å². The molecule has 1 unspecified atom stereocenters. The lowest BCUT2D eigenvalue weighted by molar-refractivity contribution is -0.166. The SMILES string of the molecule is CCC(NC)(C(=O)O)C12CC3CC(CC(C3)C1)C2. The largest absolute Gasteiger partial charge is 0.480 e. The molecular weight excluding hydrogens is 226 g/mol. The first kappa shape index (κ1) is 12.5. The summed E-state index contributed by atoms with van der Waals surface area (Å²) in [5, 5.41) is 13.0. The molecule has 4 fully saturated rings. The second-order valence-corrected chi connectivity index (χ2v) is 7.01. The maximum absolute atomic E-state index is 11.9. The Labute approximate surface area is 109 Å². The van der Waals surface area contributed by atoms with E-state index in [2.05, 4.69) is 5.32 Å². The molecule has 1 atom stereocenters. The molecule has 4 aliphatic rings. The van der Waals surface area contributed by atoms with Crippen molar-refractivity contribution in [2.24, 2.45) is 23.2 Å². The Morgan fingerprint density at radius 1 is 1.22 bits per heavy atom. The summed E-state index contributed by atoms with van der Waals surface area (Å²) in [6, 6.07) is 0. The minimum atomic E-state index is -0.691. The summed E-state index contributed by atoms with van der Waals surface area (Å²) in [5.74, 6) is 1.77. The predicted octanol–water partition coefficient (Wildman–Crippen LogP) is 2.66. The van der Waals surface area contributed by atoms with Crippen molar-refractivity contribution in [2.45, 2.75) is 57.4 Å². The third kappa shape index (κ3) is 1.43. The van der Waals surface area contributed by atoms with Crippen LogP contribution in [0.2, 0.25) is 0 Å². The molecule has 4 bridgehead atoms. The van der Waals surface area contributed by atoms with Crippen LogP contribution in [-0.4, -0.2) is 23.7 Å². The van der Waals surface area contributed by atoms with Crippen molar-refractivity contribution in [3.05, 3.63) is 0 Å². The first-order valence-electron chi connectivity index (χ1n) is 7.47. The summed E-state index contributed by atoms with van der Waals surface area (Å²) in [4.78, 5) is 11.9. The fourth-order valence-corrected chi connectivity index (χ4v) is 5.94. The summed E-state index contributed by atoms with van der Waals surface area (Å²) < 4.78 is 0. The zero-order valence-electron chi connectivity index (χ0n) is 11.5. The van der Waals surface area contributed by atoms with Crippen LogP contribution in [0, 0.1) is 23.2 Å². The Kier molecular flexibility index (Phi) is 2.74. The molecule has 4 aliphatic carbocycles. The number of aliphatic carboxylic acids is 1. The van der Waals surface area contributed by atoms with Crippen LogP contribution in [0.1, 0.15) is 51.9 Å². The second-order valence-electron chi connectivity index (χ2n) is 7.01. The van der Waals surface area contributed by atoms with Crippen molar-refractivity contribution in [2.75, 3.05) is 7.05 Å². The fourth-order valence-electron chi connectivity index (χ4n) is 5.94. The number of hydrogen-bond donors (Lipinski definition) is 2. The molecule has 3 nitrogen and oxygen atoms in total. The average Bonchev–Trinajstić information content (AvgIpc) is 2.28. The molecule has 0 spiro atoms. The van der Waals surface area contributed by atoms with E-state index in [1.54, 1.807) is 0 Å². The Balaban J connectivity index is 2.01. The zero-order chi connectivity index (χ0) is 13.0. The van der Waals surface area contributed by atoms with Gasteiger partial charge in [0.2, 0.25) is 0 Å². The predicted molar refractivity (Wildman–Crippen MR) is 70.3 cm³/mol. The topological polar surface area (TPSA) is 49.3 Å².